The fraction of sp³-hybridized carbons (Fsp3) is 0.182. The zero-order chi connectivity index (χ0) is 20.1. The Morgan fingerprint density at radius 3 is 2.43 bits per heavy atom. The Balaban J connectivity index is 1.90. The lowest BCUT2D eigenvalue weighted by Gasteiger charge is -2.19. The summed E-state index contributed by atoms with van der Waals surface area (Å²) in [6, 6.07) is 18.5. The Morgan fingerprint density at radius 1 is 1.04 bits per heavy atom. The molecule has 0 aliphatic carbocycles. The van der Waals surface area contributed by atoms with Crippen molar-refractivity contribution >= 4 is 12.0 Å². The molecule has 28 heavy (non-hydrogen) atoms. The van der Waals surface area contributed by atoms with Crippen LogP contribution in [0.4, 0.5) is 5.69 Å². The van der Waals surface area contributed by atoms with E-state index in [-0.39, 0.29) is 5.56 Å². The van der Waals surface area contributed by atoms with E-state index in [2.05, 4.69) is 5.43 Å². The number of nitrogens with one attached hydrogen (secondary N) is 1. The summed E-state index contributed by atoms with van der Waals surface area (Å²) in [5.74, 6) is 1.44. The maximum absolute atomic E-state index is 12.6. The predicted molar refractivity (Wildman–Crippen MR) is 110 cm³/mol. The van der Waals surface area contributed by atoms with Gasteiger partial charge in [-0.25, -0.2) is 5.01 Å². The number of carbonyl (C=O) groups is 1. The van der Waals surface area contributed by atoms with Gasteiger partial charge in [0, 0.05) is 25.9 Å². The number of hydrazine groups is 1. The predicted octanol–water partition coefficient (Wildman–Crippen LogP) is 3.70. The first-order valence-electron chi connectivity index (χ1n) is 8.93. The van der Waals surface area contributed by atoms with E-state index in [4.69, 9.17) is 4.74 Å². The quantitative estimate of drug-likeness (QED) is 0.502. The van der Waals surface area contributed by atoms with E-state index >= 15 is 0 Å². The fourth-order valence-corrected chi connectivity index (χ4v) is 2.98. The summed E-state index contributed by atoms with van der Waals surface area (Å²) in [5.41, 5.74) is 5.30. The first kappa shape index (κ1) is 19.4. The van der Waals surface area contributed by atoms with Gasteiger partial charge in [-0.3, -0.25) is 9.59 Å². The van der Waals surface area contributed by atoms with Gasteiger partial charge in [0.2, 0.25) is 0 Å². The summed E-state index contributed by atoms with van der Waals surface area (Å²) in [5, 5.41) is 1.69. The summed E-state index contributed by atoms with van der Waals surface area (Å²) in [7, 11) is 3.60. The molecule has 0 radical (unpaired) electrons. The van der Waals surface area contributed by atoms with Crippen LogP contribution in [0.15, 0.2) is 65.5 Å². The monoisotopic (exact) mass is 377 g/mol. The van der Waals surface area contributed by atoms with Crippen molar-refractivity contribution < 1.29 is 9.53 Å². The molecule has 0 fully saturated rings. The van der Waals surface area contributed by atoms with E-state index in [1.807, 2.05) is 54.6 Å². The number of carbonyl (C=O) groups excluding carboxylic acids is 1. The lowest BCUT2D eigenvalue weighted by molar-refractivity contribution is 0.112. The molecule has 3 aromatic rings. The SMILES string of the molecule is Cc1c(C=O)c(NN(C)C)cc(=O)n1Cc1cccc(Oc2ccccc2)c1. The highest BCUT2D eigenvalue weighted by Gasteiger charge is 2.13. The van der Waals surface area contributed by atoms with Crippen molar-refractivity contribution in [2.45, 2.75) is 13.5 Å². The van der Waals surface area contributed by atoms with Gasteiger partial charge in [0.25, 0.3) is 5.56 Å². The minimum absolute atomic E-state index is 0.179. The molecule has 0 amide bonds. The Labute approximate surface area is 164 Å². The summed E-state index contributed by atoms with van der Waals surface area (Å²) >= 11 is 0. The van der Waals surface area contributed by atoms with Crippen LogP contribution in [0.5, 0.6) is 11.5 Å². The molecule has 0 aliphatic heterocycles. The first-order chi connectivity index (χ1) is 13.5. The Bertz CT molecular complexity index is 1030. The minimum atomic E-state index is -0.179. The van der Waals surface area contributed by atoms with Crippen molar-refractivity contribution in [1.29, 1.82) is 0 Å². The zero-order valence-corrected chi connectivity index (χ0v) is 16.2. The first-order valence-corrected chi connectivity index (χ1v) is 8.93. The molecule has 0 bridgehead atoms. The van der Waals surface area contributed by atoms with Gasteiger partial charge < -0.3 is 14.7 Å². The second kappa shape index (κ2) is 8.54. The number of pyridine rings is 1. The number of aromatic nitrogens is 1. The Hall–Kier alpha value is -3.38. The topological polar surface area (TPSA) is 63.6 Å². The maximum atomic E-state index is 12.6. The molecule has 0 atom stereocenters. The van der Waals surface area contributed by atoms with Crippen LogP contribution in [0, 0.1) is 6.92 Å². The highest BCUT2D eigenvalue weighted by Crippen LogP contribution is 2.23. The fourth-order valence-electron chi connectivity index (χ4n) is 2.98. The number of hydrogen-bond donors (Lipinski definition) is 1. The number of benzene rings is 2. The van der Waals surface area contributed by atoms with Gasteiger partial charge >= 0.3 is 0 Å². The van der Waals surface area contributed by atoms with Gasteiger partial charge in [-0.05, 0) is 36.8 Å². The van der Waals surface area contributed by atoms with Crippen molar-refractivity contribution in [3.8, 4) is 11.5 Å². The molecule has 0 aliphatic rings. The molecule has 1 N–H and O–H groups in total. The molecule has 0 unspecified atom stereocenters. The number of ether oxygens (including phenoxy) is 1. The third-order valence-electron chi connectivity index (χ3n) is 4.30. The largest absolute Gasteiger partial charge is 0.457 e. The van der Waals surface area contributed by atoms with E-state index < -0.39 is 0 Å². The van der Waals surface area contributed by atoms with Crippen molar-refractivity contribution in [3.05, 3.63) is 87.8 Å². The summed E-state index contributed by atoms with van der Waals surface area (Å²) in [6.07, 6.45) is 0.770. The highest BCUT2D eigenvalue weighted by molar-refractivity contribution is 5.85. The van der Waals surface area contributed by atoms with Crippen molar-refractivity contribution in [2.24, 2.45) is 0 Å². The lowest BCUT2D eigenvalue weighted by Crippen LogP contribution is -2.28. The standard InChI is InChI=1S/C22H23N3O3/c1-16-20(15-26)21(23-24(2)3)13-22(27)25(16)14-17-8-7-11-19(12-17)28-18-9-5-4-6-10-18/h4-13,15,23H,14H2,1-3H3. The molecule has 6 heteroatoms. The number of hydrogen-bond acceptors (Lipinski definition) is 5. The average molecular weight is 377 g/mol. The van der Waals surface area contributed by atoms with Crippen LogP contribution in [-0.2, 0) is 6.54 Å². The summed E-state index contributed by atoms with van der Waals surface area (Å²) < 4.78 is 7.46. The second-order valence-corrected chi connectivity index (χ2v) is 6.67. The number of para-hydroxylation sites is 1. The van der Waals surface area contributed by atoms with Gasteiger partial charge in [-0.1, -0.05) is 30.3 Å². The Kier molecular flexibility index (Phi) is 5.91. The lowest BCUT2D eigenvalue weighted by atomic mass is 10.1. The van der Waals surface area contributed by atoms with Crippen LogP contribution in [0.25, 0.3) is 0 Å². The molecule has 0 saturated carbocycles. The molecule has 3 rings (SSSR count). The maximum Gasteiger partial charge on any atom is 0.253 e. The molecule has 1 aromatic heterocycles. The van der Waals surface area contributed by atoms with Gasteiger partial charge in [0.05, 0.1) is 17.8 Å². The molecule has 6 nitrogen and oxygen atoms in total. The smallest absolute Gasteiger partial charge is 0.253 e. The second-order valence-electron chi connectivity index (χ2n) is 6.67. The van der Waals surface area contributed by atoms with E-state index in [9.17, 15) is 9.59 Å². The molecular weight excluding hydrogens is 354 g/mol. The minimum Gasteiger partial charge on any atom is -0.457 e. The molecule has 0 spiro atoms. The summed E-state index contributed by atoms with van der Waals surface area (Å²) in [6.45, 7) is 2.12. The van der Waals surface area contributed by atoms with Crippen LogP contribution in [0.2, 0.25) is 0 Å². The normalized spacial score (nSPS) is 10.7. The van der Waals surface area contributed by atoms with Crippen LogP contribution < -0.4 is 15.7 Å². The van der Waals surface area contributed by atoms with E-state index in [0.717, 1.165) is 17.6 Å². The van der Waals surface area contributed by atoms with Crippen molar-refractivity contribution in [2.75, 3.05) is 19.5 Å². The average Bonchev–Trinajstić information content (AvgIpc) is 2.66. The molecular formula is C22H23N3O3. The van der Waals surface area contributed by atoms with Crippen LogP contribution in [0.3, 0.4) is 0 Å². The molecule has 144 valence electrons. The van der Waals surface area contributed by atoms with E-state index in [1.54, 1.807) is 30.6 Å². The van der Waals surface area contributed by atoms with Crippen molar-refractivity contribution in [3.63, 3.8) is 0 Å². The third-order valence-corrected chi connectivity index (χ3v) is 4.30. The number of aldehydes is 1. The van der Waals surface area contributed by atoms with Crippen LogP contribution >= 0.6 is 0 Å². The molecule has 1 heterocycles. The van der Waals surface area contributed by atoms with Gasteiger partial charge in [-0.2, -0.15) is 0 Å². The number of nitrogens with zero attached hydrogens (tertiary/aromatic N) is 2. The zero-order valence-electron chi connectivity index (χ0n) is 16.2. The van der Waals surface area contributed by atoms with Gasteiger partial charge in [-0.15, -0.1) is 0 Å². The Morgan fingerprint density at radius 2 is 1.75 bits per heavy atom. The van der Waals surface area contributed by atoms with Crippen LogP contribution in [-0.4, -0.2) is 30.0 Å². The highest BCUT2D eigenvalue weighted by atomic mass is 16.5. The molecule has 2 aromatic carbocycles. The number of anilines is 1. The van der Waals surface area contributed by atoms with E-state index in [1.165, 1.54) is 6.07 Å². The van der Waals surface area contributed by atoms with Crippen LogP contribution in [0.1, 0.15) is 21.6 Å². The number of rotatable bonds is 7. The van der Waals surface area contributed by atoms with Gasteiger partial charge in [0.1, 0.15) is 11.5 Å². The molecule has 0 saturated heterocycles. The van der Waals surface area contributed by atoms with E-state index in [0.29, 0.717) is 29.2 Å². The third kappa shape index (κ3) is 4.47. The van der Waals surface area contributed by atoms with Crippen molar-refractivity contribution in [1.82, 2.24) is 9.58 Å². The van der Waals surface area contributed by atoms with Gasteiger partial charge in [0.15, 0.2) is 6.29 Å². The summed E-state index contributed by atoms with van der Waals surface area (Å²) in [4.78, 5) is 24.3.